The van der Waals surface area contributed by atoms with Crippen LogP contribution in [0.4, 0.5) is 0 Å². The molecule has 7 heteroatoms. The van der Waals surface area contributed by atoms with E-state index in [4.69, 9.17) is 13.9 Å². The third kappa shape index (κ3) is 5.62. The number of carbonyl (C=O) groups excluding carboxylic acids is 2. The third-order valence-electron chi connectivity index (χ3n) is 5.93. The normalized spacial score (nSPS) is 14.0. The molecule has 0 unspecified atom stereocenters. The number of furan rings is 1. The zero-order chi connectivity index (χ0) is 24.9. The summed E-state index contributed by atoms with van der Waals surface area (Å²) in [6.45, 7) is 7.74. The standard InChI is InChI=1S/C28H30N2O5/c1-17(2)21-14-13-18(3)15-24(21)35-28(32)27-19(4)26-22(11-8-12-23(26)34-27)29-30-25(31)16-33-20-9-6-5-7-10-20/h5-7,9-10,13-15,17H,8,11-12,16H2,1-4H3,(H,30,31)/b29-22+. The Morgan fingerprint density at radius 2 is 1.86 bits per heavy atom. The molecule has 182 valence electrons. The van der Waals surface area contributed by atoms with Gasteiger partial charge in [0, 0.05) is 17.5 Å². The predicted molar refractivity (Wildman–Crippen MR) is 133 cm³/mol. The highest BCUT2D eigenvalue weighted by molar-refractivity contribution is 6.06. The van der Waals surface area contributed by atoms with E-state index in [1.165, 1.54) is 0 Å². The quantitative estimate of drug-likeness (QED) is 0.278. The number of esters is 1. The Kier molecular flexibility index (Phi) is 7.34. The van der Waals surface area contributed by atoms with Crippen LogP contribution in [0.2, 0.25) is 0 Å². The molecule has 7 nitrogen and oxygen atoms in total. The van der Waals surface area contributed by atoms with E-state index in [0.29, 0.717) is 41.4 Å². The van der Waals surface area contributed by atoms with Crippen molar-refractivity contribution in [2.24, 2.45) is 5.10 Å². The maximum atomic E-state index is 13.1. The molecule has 0 atom stereocenters. The first kappa shape index (κ1) is 24.3. The van der Waals surface area contributed by atoms with E-state index in [0.717, 1.165) is 23.1 Å². The SMILES string of the molecule is Cc1ccc(C(C)C)c(OC(=O)c2oc3c(c2C)/C(=N/NC(=O)COc2ccccc2)CCC3)c1. The van der Waals surface area contributed by atoms with E-state index < -0.39 is 5.97 Å². The minimum atomic E-state index is -0.538. The molecule has 0 radical (unpaired) electrons. The van der Waals surface area contributed by atoms with Crippen molar-refractivity contribution in [2.45, 2.75) is 52.9 Å². The van der Waals surface area contributed by atoms with Crippen LogP contribution in [0, 0.1) is 13.8 Å². The molecule has 0 bridgehead atoms. The van der Waals surface area contributed by atoms with Gasteiger partial charge in [-0.25, -0.2) is 10.2 Å². The number of hydrogen-bond donors (Lipinski definition) is 1. The number of carbonyl (C=O) groups is 2. The summed E-state index contributed by atoms with van der Waals surface area (Å²) in [5.74, 6) is 1.30. The van der Waals surface area contributed by atoms with Gasteiger partial charge in [0.25, 0.3) is 5.91 Å². The Labute approximate surface area is 205 Å². The fourth-order valence-corrected chi connectivity index (χ4v) is 4.16. The summed E-state index contributed by atoms with van der Waals surface area (Å²) >= 11 is 0. The molecule has 1 heterocycles. The molecule has 0 saturated carbocycles. The van der Waals surface area contributed by atoms with Crippen molar-refractivity contribution in [3.8, 4) is 11.5 Å². The van der Waals surface area contributed by atoms with Crippen molar-refractivity contribution >= 4 is 17.6 Å². The number of hydrazone groups is 1. The van der Waals surface area contributed by atoms with Gasteiger partial charge < -0.3 is 13.9 Å². The number of nitrogens with one attached hydrogen (secondary N) is 1. The average molecular weight is 475 g/mol. The average Bonchev–Trinajstić information content (AvgIpc) is 3.19. The Balaban J connectivity index is 1.50. The minimum Gasteiger partial charge on any atom is -0.484 e. The highest BCUT2D eigenvalue weighted by Gasteiger charge is 2.29. The smallest absolute Gasteiger partial charge is 0.379 e. The summed E-state index contributed by atoms with van der Waals surface area (Å²) < 4.78 is 17.2. The lowest BCUT2D eigenvalue weighted by Gasteiger charge is -2.13. The van der Waals surface area contributed by atoms with Gasteiger partial charge in [0.05, 0.1) is 5.71 Å². The van der Waals surface area contributed by atoms with Gasteiger partial charge in [0.1, 0.15) is 17.3 Å². The number of rotatable bonds is 7. The van der Waals surface area contributed by atoms with E-state index in [1.807, 2.05) is 50.2 Å². The number of benzene rings is 2. The number of nitrogens with zero attached hydrogens (tertiary/aromatic N) is 1. The van der Waals surface area contributed by atoms with Crippen LogP contribution in [-0.4, -0.2) is 24.2 Å². The fourth-order valence-electron chi connectivity index (χ4n) is 4.16. The van der Waals surface area contributed by atoms with Crippen molar-refractivity contribution in [3.63, 3.8) is 0 Å². The molecule has 4 rings (SSSR count). The Morgan fingerprint density at radius 3 is 2.60 bits per heavy atom. The first-order chi connectivity index (χ1) is 16.8. The van der Waals surface area contributed by atoms with Crippen LogP contribution in [0.5, 0.6) is 11.5 Å². The summed E-state index contributed by atoms with van der Waals surface area (Å²) in [5, 5.41) is 4.33. The third-order valence-corrected chi connectivity index (χ3v) is 5.93. The predicted octanol–water partition coefficient (Wildman–Crippen LogP) is 5.47. The second-order valence-corrected chi connectivity index (χ2v) is 8.99. The zero-order valence-corrected chi connectivity index (χ0v) is 20.5. The maximum absolute atomic E-state index is 13.1. The number of fused-ring (bicyclic) bond motifs is 1. The largest absolute Gasteiger partial charge is 0.484 e. The lowest BCUT2D eigenvalue weighted by molar-refractivity contribution is -0.123. The highest BCUT2D eigenvalue weighted by atomic mass is 16.5. The number of aryl methyl sites for hydroxylation is 2. The second kappa shape index (κ2) is 10.6. The van der Waals surface area contributed by atoms with Gasteiger partial charge in [-0.3, -0.25) is 4.79 Å². The number of ether oxygens (including phenoxy) is 2. The monoisotopic (exact) mass is 474 g/mol. The van der Waals surface area contributed by atoms with E-state index in [1.54, 1.807) is 12.1 Å². The first-order valence-electron chi connectivity index (χ1n) is 11.8. The molecular formula is C28H30N2O5. The molecule has 1 aromatic heterocycles. The van der Waals surface area contributed by atoms with Crippen LogP contribution in [-0.2, 0) is 11.2 Å². The summed E-state index contributed by atoms with van der Waals surface area (Å²) in [7, 11) is 0. The molecule has 1 aliphatic carbocycles. The summed E-state index contributed by atoms with van der Waals surface area (Å²) in [5.41, 5.74) is 6.64. The van der Waals surface area contributed by atoms with Crippen LogP contribution in [0.25, 0.3) is 0 Å². The molecule has 35 heavy (non-hydrogen) atoms. The van der Waals surface area contributed by atoms with Gasteiger partial charge >= 0.3 is 5.97 Å². The fraction of sp³-hybridized carbons (Fsp3) is 0.321. The first-order valence-corrected chi connectivity index (χ1v) is 11.8. The number of hydrogen-bond acceptors (Lipinski definition) is 6. The van der Waals surface area contributed by atoms with Gasteiger partial charge in [0.2, 0.25) is 5.76 Å². The van der Waals surface area contributed by atoms with Gasteiger partial charge in [-0.15, -0.1) is 0 Å². The molecule has 3 aromatic rings. The van der Waals surface area contributed by atoms with Gasteiger partial charge in [0.15, 0.2) is 6.61 Å². The lowest BCUT2D eigenvalue weighted by atomic mass is 9.93. The van der Waals surface area contributed by atoms with Gasteiger partial charge in [-0.2, -0.15) is 5.10 Å². The van der Waals surface area contributed by atoms with Gasteiger partial charge in [-0.05, 0) is 61.9 Å². The van der Waals surface area contributed by atoms with Crippen molar-refractivity contribution in [3.05, 3.63) is 82.3 Å². The Bertz CT molecular complexity index is 1260. The lowest BCUT2D eigenvalue weighted by Crippen LogP contribution is -2.27. The highest BCUT2D eigenvalue weighted by Crippen LogP contribution is 2.32. The van der Waals surface area contributed by atoms with E-state index in [9.17, 15) is 9.59 Å². The maximum Gasteiger partial charge on any atom is 0.379 e. The van der Waals surface area contributed by atoms with E-state index in [-0.39, 0.29) is 24.2 Å². The molecule has 1 aliphatic rings. The molecule has 0 spiro atoms. The van der Waals surface area contributed by atoms with Crippen molar-refractivity contribution < 1.29 is 23.5 Å². The summed E-state index contributed by atoms with van der Waals surface area (Å²) in [4.78, 5) is 25.3. The van der Waals surface area contributed by atoms with Crippen LogP contribution < -0.4 is 14.9 Å². The van der Waals surface area contributed by atoms with Crippen LogP contribution >= 0.6 is 0 Å². The summed E-state index contributed by atoms with van der Waals surface area (Å²) in [6.07, 6.45) is 2.16. The van der Waals surface area contributed by atoms with Crippen molar-refractivity contribution in [1.29, 1.82) is 0 Å². The number of amides is 1. The van der Waals surface area contributed by atoms with E-state index in [2.05, 4.69) is 24.4 Å². The molecule has 0 aliphatic heterocycles. The van der Waals surface area contributed by atoms with Crippen LogP contribution in [0.15, 0.2) is 58.0 Å². The second-order valence-electron chi connectivity index (χ2n) is 8.99. The molecule has 0 saturated heterocycles. The number of para-hydroxylation sites is 1. The van der Waals surface area contributed by atoms with Crippen LogP contribution in [0.1, 0.15) is 71.2 Å². The summed E-state index contributed by atoms with van der Waals surface area (Å²) in [6, 6.07) is 15.0. The minimum absolute atomic E-state index is 0.149. The van der Waals surface area contributed by atoms with Crippen molar-refractivity contribution in [1.82, 2.24) is 5.43 Å². The molecule has 1 N–H and O–H groups in total. The van der Waals surface area contributed by atoms with Gasteiger partial charge in [-0.1, -0.05) is 44.2 Å². The van der Waals surface area contributed by atoms with Crippen molar-refractivity contribution in [2.75, 3.05) is 6.61 Å². The van der Waals surface area contributed by atoms with E-state index >= 15 is 0 Å². The Hall–Kier alpha value is -3.87. The Morgan fingerprint density at radius 1 is 1.09 bits per heavy atom. The topological polar surface area (TPSA) is 90.1 Å². The zero-order valence-electron chi connectivity index (χ0n) is 20.5. The molecule has 0 fully saturated rings. The molecule has 2 aromatic carbocycles. The molecular weight excluding hydrogens is 444 g/mol. The molecule has 1 amide bonds. The van der Waals surface area contributed by atoms with Crippen LogP contribution in [0.3, 0.4) is 0 Å².